The highest BCUT2D eigenvalue weighted by molar-refractivity contribution is 6.05. The average molecular weight is 569 g/mol. The standard InChI is InChI=1S/C30H35F3N6O2/c1-19-7-8-21(13-28(19)39(35)18-27(34)22-12-25(41-3)16-36-15-22)29(40)37-24-11-23(17-38-9-5-4-6-10-38)20(2)26(14-24)30(31,32)33/h7-8,11-16,18H,4-6,9-10,17,34-35H2,1-3H3,(H,37,40)/b27-18-. The number of piperidine rings is 1. The Balaban J connectivity index is 1.59. The number of anilines is 2. The molecule has 0 atom stereocenters. The van der Waals surface area contributed by atoms with E-state index in [1.54, 1.807) is 42.7 Å². The average Bonchev–Trinajstić information content (AvgIpc) is 2.94. The van der Waals surface area contributed by atoms with Gasteiger partial charge < -0.3 is 15.8 Å². The Morgan fingerprint density at radius 3 is 2.51 bits per heavy atom. The summed E-state index contributed by atoms with van der Waals surface area (Å²) in [6, 6.07) is 9.19. The Morgan fingerprint density at radius 1 is 1.10 bits per heavy atom. The van der Waals surface area contributed by atoms with Crippen molar-refractivity contribution in [1.82, 2.24) is 9.88 Å². The van der Waals surface area contributed by atoms with Crippen molar-refractivity contribution in [1.29, 1.82) is 0 Å². The summed E-state index contributed by atoms with van der Waals surface area (Å²) in [4.78, 5) is 19.5. The first-order valence-electron chi connectivity index (χ1n) is 13.3. The number of hydrogen-bond acceptors (Lipinski definition) is 7. The van der Waals surface area contributed by atoms with Crippen LogP contribution in [0.3, 0.4) is 0 Å². The van der Waals surface area contributed by atoms with Crippen molar-refractivity contribution in [2.45, 2.75) is 45.8 Å². The molecule has 0 saturated carbocycles. The summed E-state index contributed by atoms with van der Waals surface area (Å²) in [6.07, 6.45) is 3.21. The minimum atomic E-state index is -4.55. The number of hydrazine groups is 1. The second-order valence-corrected chi connectivity index (χ2v) is 10.2. The highest BCUT2D eigenvalue weighted by atomic mass is 19.4. The fourth-order valence-corrected chi connectivity index (χ4v) is 4.88. The maximum Gasteiger partial charge on any atom is 0.416 e. The van der Waals surface area contributed by atoms with Crippen LogP contribution in [0.2, 0.25) is 0 Å². The van der Waals surface area contributed by atoms with Crippen LogP contribution in [-0.2, 0) is 12.7 Å². The highest BCUT2D eigenvalue weighted by Gasteiger charge is 2.34. The van der Waals surface area contributed by atoms with Crippen LogP contribution in [0.15, 0.2) is 55.0 Å². The normalized spacial score (nSPS) is 14.6. The van der Waals surface area contributed by atoms with Gasteiger partial charge >= 0.3 is 6.18 Å². The van der Waals surface area contributed by atoms with Gasteiger partial charge in [0.05, 0.1) is 30.3 Å². The van der Waals surface area contributed by atoms with Gasteiger partial charge in [-0.25, -0.2) is 5.84 Å². The van der Waals surface area contributed by atoms with E-state index >= 15 is 0 Å². The zero-order chi connectivity index (χ0) is 29.7. The van der Waals surface area contributed by atoms with E-state index in [0.29, 0.717) is 34.8 Å². The number of benzene rings is 2. The Labute approximate surface area is 237 Å². The number of amides is 1. The zero-order valence-corrected chi connectivity index (χ0v) is 23.4. The predicted octanol–water partition coefficient (Wildman–Crippen LogP) is 5.60. The Morgan fingerprint density at radius 2 is 1.83 bits per heavy atom. The van der Waals surface area contributed by atoms with E-state index in [9.17, 15) is 18.0 Å². The van der Waals surface area contributed by atoms with E-state index in [1.165, 1.54) is 25.2 Å². The van der Waals surface area contributed by atoms with Crippen LogP contribution < -0.4 is 26.6 Å². The van der Waals surface area contributed by atoms with Gasteiger partial charge in [-0.2, -0.15) is 13.2 Å². The summed E-state index contributed by atoms with van der Waals surface area (Å²) >= 11 is 0. The van der Waals surface area contributed by atoms with Crippen LogP contribution in [0.1, 0.15) is 57.4 Å². The first kappa shape index (κ1) is 29.9. The third kappa shape index (κ3) is 7.36. The fraction of sp³-hybridized carbons (Fsp3) is 0.333. The van der Waals surface area contributed by atoms with Gasteiger partial charge in [0.25, 0.3) is 5.91 Å². The van der Waals surface area contributed by atoms with Gasteiger partial charge in [0.15, 0.2) is 0 Å². The van der Waals surface area contributed by atoms with E-state index in [0.717, 1.165) is 44.0 Å². The van der Waals surface area contributed by atoms with Gasteiger partial charge in [0, 0.05) is 35.8 Å². The monoisotopic (exact) mass is 568 g/mol. The number of pyridine rings is 1. The van der Waals surface area contributed by atoms with Crippen molar-refractivity contribution in [2.24, 2.45) is 11.6 Å². The number of rotatable bonds is 8. The van der Waals surface area contributed by atoms with Crippen molar-refractivity contribution in [3.05, 3.63) is 88.4 Å². The molecule has 0 unspecified atom stereocenters. The Bertz CT molecular complexity index is 1430. The van der Waals surface area contributed by atoms with E-state index < -0.39 is 17.6 Å². The number of halogens is 3. The van der Waals surface area contributed by atoms with Crippen LogP contribution in [0, 0.1) is 13.8 Å². The molecule has 8 nitrogen and oxygen atoms in total. The van der Waals surface area contributed by atoms with Crippen LogP contribution in [0.25, 0.3) is 5.70 Å². The number of hydrogen-bond donors (Lipinski definition) is 3. The molecule has 0 aliphatic carbocycles. The highest BCUT2D eigenvalue weighted by Crippen LogP contribution is 2.36. The Hall–Kier alpha value is -4.09. The lowest BCUT2D eigenvalue weighted by atomic mass is 9.99. The molecule has 1 aliphatic heterocycles. The molecule has 0 bridgehead atoms. The number of ether oxygens (including phenoxy) is 1. The van der Waals surface area contributed by atoms with Gasteiger partial charge in [-0.15, -0.1) is 0 Å². The van der Waals surface area contributed by atoms with E-state index in [4.69, 9.17) is 16.3 Å². The number of nitrogens with one attached hydrogen (secondary N) is 1. The third-order valence-electron chi connectivity index (χ3n) is 7.23. The maximum atomic E-state index is 13.9. The van der Waals surface area contributed by atoms with Gasteiger partial charge in [0.1, 0.15) is 5.75 Å². The van der Waals surface area contributed by atoms with Crippen molar-refractivity contribution in [2.75, 3.05) is 30.5 Å². The van der Waals surface area contributed by atoms with Gasteiger partial charge in [0.2, 0.25) is 0 Å². The molecule has 2 heterocycles. The number of alkyl halides is 3. The molecule has 41 heavy (non-hydrogen) atoms. The third-order valence-corrected chi connectivity index (χ3v) is 7.23. The van der Waals surface area contributed by atoms with Crippen molar-refractivity contribution in [3.8, 4) is 5.75 Å². The predicted molar refractivity (Wildman–Crippen MR) is 154 cm³/mol. The van der Waals surface area contributed by atoms with E-state index in [1.807, 2.05) is 6.92 Å². The van der Waals surface area contributed by atoms with Crippen LogP contribution >= 0.6 is 0 Å². The molecule has 1 fully saturated rings. The summed E-state index contributed by atoms with van der Waals surface area (Å²) < 4.78 is 47.0. The van der Waals surface area contributed by atoms with E-state index in [-0.39, 0.29) is 16.8 Å². The fourth-order valence-electron chi connectivity index (χ4n) is 4.88. The summed E-state index contributed by atoms with van der Waals surface area (Å²) in [5, 5.41) is 3.94. The van der Waals surface area contributed by atoms with Crippen LogP contribution in [0.4, 0.5) is 24.5 Å². The SMILES string of the molecule is COc1cncc(/C(N)=C/N(N)c2cc(C(=O)Nc3cc(CN4CCCCC4)c(C)c(C(F)(F)F)c3)ccc2C)c1. The van der Waals surface area contributed by atoms with Gasteiger partial charge in [-0.3, -0.25) is 19.7 Å². The summed E-state index contributed by atoms with van der Waals surface area (Å²) in [7, 11) is 1.52. The van der Waals surface area contributed by atoms with Crippen molar-refractivity contribution >= 4 is 23.0 Å². The molecule has 0 spiro atoms. The first-order chi connectivity index (χ1) is 19.5. The topological polar surface area (TPSA) is 110 Å². The van der Waals surface area contributed by atoms with Crippen LogP contribution in [0.5, 0.6) is 5.75 Å². The number of carbonyl (C=O) groups is 1. The van der Waals surface area contributed by atoms with E-state index in [2.05, 4.69) is 15.2 Å². The second kappa shape index (κ2) is 12.6. The summed E-state index contributed by atoms with van der Waals surface area (Å²) in [5.41, 5.74) is 8.64. The Kier molecular flexibility index (Phi) is 9.19. The first-order valence-corrected chi connectivity index (χ1v) is 13.3. The van der Waals surface area contributed by atoms with Crippen LogP contribution in [-0.4, -0.2) is 36.0 Å². The zero-order valence-electron chi connectivity index (χ0n) is 23.4. The molecule has 1 aromatic heterocycles. The lowest BCUT2D eigenvalue weighted by molar-refractivity contribution is -0.138. The van der Waals surface area contributed by atoms with Gasteiger partial charge in [-0.1, -0.05) is 12.5 Å². The summed E-state index contributed by atoms with van der Waals surface area (Å²) in [6.45, 7) is 5.37. The second-order valence-electron chi connectivity index (χ2n) is 10.2. The number of aryl methyl sites for hydroxylation is 1. The number of nitrogens with two attached hydrogens (primary N) is 2. The molecule has 2 aromatic carbocycles. The maximum absolute atomic E-state index is 13.9. The van der Waals surface area contributed by atoms with Gasteiger partial charge in [-0.05, 0) is 86.8 Å². The largest absolute Gasteiger partial charge is 0.495 e. The molecule has 11 heteroatoms. The molecule has 4 rings (SSSR count). The molecule has 1 saturated heterocycles. The molecule has 1 amide bonds. The minimum Gasteiger partial charge on any atom is -0.495 e. The molecule has 218 valence electrons. The summed E-state index contributed by atoms with van der Waals surface area (Å²) in [5.74, 6) is 6.25. The number of nitrogens with zero attached hydrogens (tertiary/aromatic N) is 3. The molecular weight excluding hydrogens is 533 g/mol. The number of likely N-dealkylation sites (tertiary alicyclic amines) is 1. The molecule has 5 N–H and O–H groups in total. The molecule has 3 aromatic rings. The molecule has 1 aliphatic rings. The quantitative estimate of drug-likeness (QED) is 0.240. The number of aromatic nitrogens is 1. The minimum absolute atomic E-state index is 0.0846. The number of methoxy groups -OCH3 is 1. The smallest absolute Gasteiger partial charge is 0.416 e. The van der Waals surface area contributed by atoms with Crippen molar-refractivity contribution in [3.63, 3.8) is 0 Å². The number of carbonyl (C=O) groups excluding carboxylic acids is 1. The molecular formula is C30H35F3N6O2. The lowest BCUT2D eigenvalue weighted by Crippen LogP contribution is -2.29. The lowest BCUT2D eigenvalue weighted by Gasteiger charge is -2.28. The molecule has 0 radical (unpaired) electrons. The van der Waals surface area contributed by atoms with Crippen molar-refractivity contribution < 1.29 is 22.7 Å².